The van der Waals surface area contributed by atoms with Gasteiger partial charge in [0.2, 0.25) is 0 Å². The molecule has 1 aliphatic rings. The summed E-state index contributed by atoms with van der Waals surface area (Å²) < 4.78 is 42.9. The van der Waals surface area contributed by atoms with Crippen LogP contribution in [0.1, 0.15) is 46.0 Å². The highest BCUT2D eigenvalue weighted by atomic mass is 19.4. The highest BCUT2D eigenvalue weighted by Gasteiger charge is 2.41. The van der Waals surface area contributed by atoms with Gasteiger partial charge in [-0.1, -0.05) is 19.8 Å². The molecule has 0 aliphatic heterocycles. The molecule has 0 saturated heterocycles. The van der Waals surface area contributed by atoms with Crippen LogP contribution in [0.4, 0.5) is 13.2 Å². The van der Waals surface area contributed by atoms with Crippen molar-refractivity contribution >= 4 is 0 Å². The van der Waals surface area contributed by atoms with Crippen LogP contribution in [0.5, 0.6) is 0 Å². The normalized spacial score (nSPS) is 31.3. The molecule has 0 amide bonds. The Kier molecular flexibility index (Phi) is 5.92. The minimum atomic E-state index is -4.27. The van der Waals surface area contributed by atoms with E-state index < -0.39 is 12.3 Å². The Bertz CT molecular complexity index is 245. The van der Waals surface area contributed by atoms with Gasteiger partial charge in [-0.25, -0.2) is 0 Å². The van der Waals surface area contributed by atoms with Gasteiger partial charge in [0.1, 0.15) is 0 Å². The Labute approximate surface area is 107 Å². The van der Waals surface area contributed by atoms with Crippen LogP contribution in [0.25, 0.3) is 0 Å². The molecule has 1 N–H and O–H groups in total. The van der Waals surface area contributed by atoms with Gasteiger partial charge in [0.15, 0.2) is 6.10 Å². The van der Waals surface area contributed by atoms with Crippen molar-refractivity contribution in [1.29, 1.82) is 0 Å². The number of rotatable bonds is 5. The van der Waals surface area contributed by atoms with Crippen LogP contribution in [0, 0.1) is 5.92 Å². The first kappa shape index (κ1) is 15.8. The summed E-state index contributed by atoms with van der Waals surface area (Å²) in [6, 6.07) is 0.0444. The minimum absolute atomic E-state index is 0.0444. The van der Waals surface area contributed by atoms with Gasteiger partial charge < -0.3 is 10.1 Å². The molecule has 4 atom stereocenters. The molecule has 0 heterocycles. The van der Waals surface area contributed by atoms with Gasteiger partial charge in [-0.3, -0.25) is 0 Å². The van der Waals surface area contributed by atoms with Crippen LogP contribution in [0.3, 0.4) is 0 Å². The van der Waals surface area contributed by atoms with Gasteiger partial charge in [-0.05, 0) is 39.2 Å². The van der Waals surface area contributed by atoms with E-state index in [0.717, 1.165) is 39.0 Å². The van der Waals surface area contributed by atoms with Crippen LogP contribution in [0.15, 0.2) is 0 Å². The van der Waals surface area contributed by atoms with Crippen molar-refractivity contribution < 1.29 is 17.9 Å². The lowest BCUT2D eigenvalue weighted by Gasteiger charge is -2.37. The molecule has 1 saturated carbocycles. The smallest absolute Gasteiger partial charge is 0.364 e. The predicted molar refractivity (Wildman–Crippen MR) is 65.5 cm³/mol. The van der Waals surface area contributed by atoms with E-state index in [1.165, 1.54) is 0 Å². The van der Waals surface area contributed by atoms with Crippen molar-refractivity contribution in [2.24, 2.45) is 5.92 Å². The van der Waals surface area contributed by atoms with Gasteiger partial charge in [0.05, 0.1) is 6.10 Å². The van der Waals surface area contributed by atoms with Crippen molar-refractivity contribution in [3.8, 4) is 0 Å². The van der Waals surface area contributed by atoms with E-state index in [0.29, 0.717) is 5.92 Å². The Morgan fingerprint density at radius 1 is 1.33 bits per heavy atom. The second-order valence-electron chi connectivity index (χ2n) is 5.22. The van der Waals surface area contributed by atoms with Gasteiger partial charge in [-0.2, -0.15) is 13.2 Å². The highest BCUT2D eigenvalue weighted by Crippen LogP contribution is 2.33. The molecular weight excluding hydrogens is 243 g/mol. The second kappa shape index (κ2) is 6.75. The molecule has 2 nitrogen and oxygen atoms in total. The Morgan fingerprint density at radius 2 is 2.00 bits per heavy atom. The number of halogens is 3. The van der Waals surface area contributed by atoms with Crippen molar-refractivity contribution in [1.82, 2.24) is 5.32 Å². The van der Waals surface area contributed by atoms with Crippen LogP contribution < -0.4 is 5.32 Å². The molecule has 0 radical (unpaired) electrons. The average Bonchev–Trinajstić information content (AvgIpc) is 2.28. The molecule has 0 spiro atoms. The molecule has 4 unspecified atom stereocenters. The Balaban J connectivity index is 2.57. The summed E-state index contributed by atoms with van der Waals surface area (Å²) in [4.78, 5) is 0. The topological polar surface area (TPSA) is 21.3 Å². The third-order valence-corrected chi connectivity index (χ3v) is 3.81. The van der Waals surface area contributed by atoms with E-state index in [2.05, 4.69) is 12.2 Å². The number of ether oxygens (including phenoxy) is 1. The maximum Gasteiger partial charge on any atom is 0.414 e. The lowest BCUT2D eigenvalue weighted by atomic mass is 9.81. The monoisotopic (exact) mass is 267 g/mol. The fourth-order valence-electron chi connectivity index (χ4n) is 2.70. The molecule has 18 heavy (non-hydrogen) atoms. The van der Waals surface area contributed by atoms with E-state index >= 15 is 0 Å². The van der Waals surface area contributed by atoms with Crippen molar-refractivity contribution in [3.05, 3.63) is 0 Å². The van der Waals surface area contributed by atoms with Gasteiger partial charge >= 0.3 is 6.18 Å². The third kappa shape index (κ3) is 4.43. The summed E-state index contributed by atoms with van der Waals surface area (Å²) in [6.07, 6.45) is -1.39. The first-order chi connectivity index (χ1) is 8.38. The number of nitrogens with one attached hydrogen (secondary N) is 1. The van der Waals surface area contributed by atoms with Gasteiger partial charge in [0, 0.05) is 6.04 Å². The van der Waals surface area contributed by atoms with Crippen LogP contribution in [0.2, 0.25) is 0 Å². The first-order valence-corrected chi connectivity index (χ1v) is 6.77. The van der Waals surface area contributed by atoms with E-state index in [1.807, 2.05) is 0 Å². The molecule has 1 aliphatic carbocycles. The first-order valence-electron chi connectivity index (χ1n) is 6.77. The largest absolute Gasteiger partial charge is 0.414 e. The summed E-state index contributed by atoms with van der Waals surface area (Å²) in [5.41, 5.74) is 0. The minimum Gasteiger partial charge on any atom is -0.364 e. The fourth-order valence-corrected chi connectivity index (χ4v) is 2.70. The predicted octanol–water partition coefficient (Wildman–Crippen LogP) is 3.51. The zero-order valence-electron chi connectivity index (χ0n) is 11.4. The van der Waals surface area contributed by atoms with Crippen LogP contribution in [-0.2, 0) is 4.74 Å². The number of hydrogen-bond donors (Lipinski definition) is 1. The lowest BCUT2D eigenvalue weighted by Crippen LogP contribution is -2.47. The quantitative estimate of drug-likeness (QED) is 0.823. The summed E-state index contributed by atoms with van der Waals surface area (Å²) in [6.45, 7) is 3.20. The SMILES string of the molecule is CCCC1CCC(NC)C(OC(C)C(F)(F)F)C1. The molecule has 5 heteroatoms. The summed E-state index contributed by atoms with van der Waals surface area (Å²) in [7, 11) is 1.79. The lowest BCUT2D eigenvalue weighted by molar-refractivity contribution is -0.233. The Morgan fingerprint density at radius 3 is 2.50 bits per heavy atom. The highest BCUT2D eigenvalue weighted by molar-refractivity contribution is 4.86. The molecule has 0 aromatic heterocycles. The summed E-state index contributed by atoms with van der Waals surface area (Å²) >= 11 is 0. The molecule has 0 aromatic rings. The number of likely N-dealkylation sites (N-methyl/N-ethyl adjacent to an activating group) is 1. The van der Waals surface area contributed by atoms with Crippen molar-refractivity contribution in [3.63, 3.8) is 0 Å². The fraction of sp³-hybridized carbons (Fsp3) is 1.00. The zero-order chi connectivity index (χ0) is 13.8. The zero-order valence-corrected chi connectivity index (χ0v) is 11.4. The molecule has 108 valence electrons. The van der Waals surface area contributed by atoms with E-state index in [-0.39, 0.29) is 12.1 Å². The maximum absolute atomic E-state index is 12.5. The Hall–Kier alpha value is -0.290. The van der Waals surface area contributed by atoms with Gasteiger partial charge in [0.25, 0.3) is 0 Å². The molecule has 1 rings (SSSR count). The average molecular weight is 267 g/mol. The van der Waals surface area contributed by atoms with Crippen LogP contribution in [-0.4, -0.2) is 31.5 Å². The third-order valence-electron chi connectivity index (χ3n) is 3.81. The molecule has 0 bridgehead atoms. The van der Waals surface area contributed by atoms with Gasteiger partial charge in [-0.15, -0.1) is 0 Å². The van der Waals surface area contributed by atoms with Crippen LogP contribution >= 0.6 is 0 Å². The van der Waals surface area contributed by atoms with E-state index in [9.17, 15) is 13.2 Å². The second-order valence-corrected chi connectivity index (χ2v) is 5.22. The van der Waals surface area contributed by atoms with E-state index in [1.54, 1.807) is 7.05 Å². The molecule has 0 aromatic carbocycles. The van der Waals surface area contributed by atoms with Crippen molar-refractivity contribution in [2.75, 3.05) is 7.05 Å². The summed E-state index contributed by atoms with van der Waals surface area (Å²) in [5, 5.41) is 3.08. The number of hydrogen-bond acceptors (Lipinski definition) is 2. The van der Waals surface area contributed by atoms with Crippen molar-refractivity contribution in [2.45, 2.75) is 70.4 Å². The standard InChI is InChI=1S/C13H24F3NO/c1-4-5-10-6-7-11(17-3)12(8-10)18-9(2)13(14,15)16/h9-12,17H,4-8H2,1-3H3. The maximum atomic E-state index is 12.5. The number of alkyl halides is 3. The molecular formula is C13H24F3NO. The van der Waals surface area contributed by atoms with E-state index in [4.69, 9.17) is 4.74 Å². The summed E-state index contributed by atoms with van der Waals surface area (Å²) in [5.74, 6) is 0.505. The molecule has 1 fully saturated rings.